The molecule has 0 saturated heterocycles. The van der Waals surface area contributed by atoms with Crippen LogP contribution in [0.1, 0.15) is 22.4 Å². The third kappa shape index (κ3) is 2.99. The zero-order chi connectivity index (χ0) is 17.5. The minimum atomic E-state index is -3.94. The molecule has 0 aliphatic carbocycles. The number of aryl methyl sites for hydroxylation is 4. The number of hydrogen-bond acceptors (Lipinski definition) is 4. The third-order valence-corrected chi connectivity index (χ3v) is 5.42. The standard InChI is InChI=1S/C19H19NO3S/c1-12-10-13(2)19(14(3)11-12)24(21,22)23-17-7-5-6-16-9-8-15(4)20-18(16)17/h5-11H,1-4H3. The van der Waals surface area contributed by atoms with Crippen LogP contribution in [-0.4, -0.2) is 13.4 Å². The van der Waals surface area contributed by atoms with Crippen molar-refractivity contribution in [3.63, 3.8) is 0 Å². The van der Waals surface area contributed by atoms with E-state index in [9.17, 15) is 8.42 Å². The fourth-order valence-electron chi connectivity index (χ4n) is 3.01. The summed E-state index contributed by atoms with van der Waals surface area (Å²) >= 11 is 0. The van der Waals surface area contributed by atoms with Crippen molar-refractivity contribution in [2.45, 2.75) is 32.6 Å². The van der Waals surface area contributed by atoms with E-state index < -0.39 is 10.1 Å². The van der Waals surface area contributed by atoms with Crippen molar-refractivity contribution in [2.24, 2.45) is 0 Å². The average molecular weight is 341 g/mol. The van der Waals surface area contributed by atoms with Gasteiger partial charge in [0.25, 0.3) is 0 Å². The van der Waals surface area contributed by atoms with Gasteiger partial charge in [-0.1, -0.05) is 35.9 Å². The Bertz CT molecular complexity index is 1020. The maximum Gasteiger partial charge on any atom is 0.339 e. The summed E-state index contributed by atoms with van der Waals surface area (Å²) in [7, 11) is -3.94. The molecule has 0 N–H and O–H groups in total. The number of pyridine rings is 1. The van der Waals surface area contributed by atoms with E-state index in [4.69, 9.17) is 4.18 Å². The summed E-state index contributed by atoms with van der Waals surface area (Å²) < 4.78 is 31.1. The molecule has 0 aliphatic heterocycles. The SMILES string of the molecule is Cc1cc(C)c(S(=O)(=O)Oc2cccc3ccc(C)nc23)c(C)c1. The fourth-order valence-corrected chi connectivity index (χ4v) is 4.37. The molecule has 3 aromatic rings. The molecular weight excluding hydrogens is 322 g/mol. The maximum absolute atomic E-state index is 12.8. The Balaban J connectivity index is 2.13. The Hall–Kier alpha value is -2.40. The predicted molar refractivity (Wildman–Crippen MR) is 94.9 cm³/mol. The number of para-hydroxylation sites is 1. The molecule has 0 radical (unpaired) electrons. The van der Waals surface area contributed by atoms with Gasteiger partial charge < -0.3 is 4.18 Å². The van der Waals surface area contributed by atoms with Crippen LogP contribution in [0.4, 0.5) is 0 Å². The van der Waals surface area contributed by atoms with Gasteiger partial charge in [0.15, 0.2) is 5.75 Å². The van der Waals surface area contributed by atoms with Crippen LogP contribution in [0, 0.1) is 27.7 Å². The molecule has 0 amide bonds. The first-order valence-electron chi connectivity index (χ1n) is 7.66. The van der Waals surface area contributed by atoms with Crippen molar-refractivity contribution in [1.29, 1.82) is 0 Å². The lowest BCUT2D eigenvalue weighted by Gasteiger charge is -2.14. The summed E-state index contributed by atoms with van der Waals surface area (Å²) in [6.07, 6.45) is 0. The topological polar surface area (TPSA) is 56.3 Å². The lowest BCUT2D eigenvalue weighted by atomic mass is 10.1. The molecule has 5 heteroatoms. The maximum atomic E-state index is 12.8. The summed E-state index contributed by atoms with van der Waals surface area (Å²) in [5.74, 6) is 0.246. The minimum Gasteiger partial charge on any atom is -0.377 e. The summed E-state index contributed by atoms with van der Waals surface area (Å²) in [5, 5.41) is 0.839. The van der Waals surface area contributed by atoms with Gasteiger partial charge in [-0.15, -0.1) is 0 Å². The van der Waals surface area contributed by atoms with E-state index in [0.717, 1.165) is 16.6 Å². The van der Waals surface area contributed by atoms with Gasteiger partial charge in [-0.05, 0) is 51.0 Å². The van der Waals surface area contributed by atoms with Gasteiger partial charge in [0, 0.05) is 11.1 Å². The molecular formula is C19H19NO3S. The zero-order valence-corrected chi connectivity index (χ0v) is 14.9. The van der Waals surface area contributed by atoms with Crippen molar-refractivity contribution in [1.82, 2.24) is 4.98 Å². The van der Waals surface area contributed by atoms with Crippen LogP contribution in [0.3, 0.4) is 0 Å². The second kappa shape index (κ2) is 5.91. The smallest absolute Gasteiger partial charge is 0.339 e. The number of aromatic nitrogens is 1. The van der Waals surface area contributed by atoms with Crippen molar-refractivity contribution >= 4 is 21.0 Å². The van der Waals surface area contributed by atoms with Crippen molar-refractivity contribution in [3.8, 4) is 5.75 Å². The van der Waals surface area contributed by atoms with Gasteiger partial charge in [-0.3, -0.25) is 0 Å². The number of hydrogen-bond donors (Lipinski definition) is 0. The largest absolute Gasteiger partial charge is 0.377 e. The van der Waals surface area contributed by atoms with Crippen LogP contribution in [0.2, 0.25) is 0 Å². The van der Waals surface area contributed by atoms with E-state index in [-0.39, 0.29) is 10.6 Å². The summed E-state index contributed by atoms with van der Waals surface area (Å²) in [6, 6.07) is 12.7. The van der Waals surface area contributed by atoms with Crippen LogP contribution in [-0.2, 0) is 10.1 Å². The van der Waals surface area contributed by atoms with Crippen LogP contribution < -0.4 is 4.18 Å². The highest BCUT2D eigenvalue weighted by Crippen LogP contribution is 2.29. The van der Waals surface area contributed by atoms with E-state index >= 15 is 0 Å². The van der Waals surface area contributed by atoms with Crippen LogP contribution in [0.25, 0.3) is 10.9 Å². The first kappa shape index (κ1) is 16.5. The van der Waals surface area contributed by atoms with E-state index in [2.05, 4.69) is 4.98 Å². The minimum absolute atomic E-state index is 0.220. The molecule has 24 heavy (non-hydrogen) atoms. The van der Waals surface area contributed by atoms with Crippen LogP contribution in [0.5, 0.6) is 5.75 Å². The van der Waals surface area contributed by atoms with E-state index in [0.29, 0.717) is 16.6 Å². The van der Waals surface area contributed by atoms with Crippen molar-refractivity contribution in [3.05, 3.63) is 64.8 Å². The summed E-state index contributed by atoms with van der Waals surface area (Å²) in [6.45, 7) is 7.36. The molecule has 0 fully saturated rings. The number of fused-ring (bicyclic) bond motifs is 1. The highest BCUT2D eigenvalue weighted by atomic mass is 32.2. The zero-order valence-electron chi connectivity index (χ0n) is 14.1. The van der Waals surface area contributed by atoms with Crippen molar-refractivity contribution < 1.29 is 12.6 Å². The van der Waals surface area contributed by atoms with Crippen LogP contribution >= 0.6 is 0 Å². The predicted octanol–water partition coefficient (Wildman–Crippen LogP) is 4.24. The molecule has 0 unspecified atom stereocenters. The van der Waals surface area contributed by atoms with Gasteiger partial charge >= 0.3 is 10.1 Å². The Labute approximate surface area is 142 Å². The third-order valence-electron chi connectivity index (χ3n) is 3.88. The molecule has 0 spiro atoms. The van der Waals surface area contributed by atoms with Gasteiger partial charge in [0.1, 0.15) is 10.4 Å². The molecule has 4 nitrogen and oxygen atoms in total. The summed E-state index contributed by atoms with van der Waals surface area (Å²) in [5.41, 5.74) is 3.72. The highest BCUT2D eigenvalue weighted by Gasteiger charge is 2.23. The molecule has 0 aliphatic rings. The molecule has 1 heterocycles. The highest BCUT2D eigenvalue weighted by molar-refractivity contribution is 7.87. The number of nitrogens with zero attached hydrogens (tertiary/aromatic N) is 1. The van der Waals surface area contributed by atoms with Gasteiger partial charge in [0.05, 0.1) is 0 Å². The van der Waals surface area contributed by atoms with E-state index in [1.54, 1.807) is 26.0 Å². The fraction of sp³-hybridized carbons (Fsp3) is 0.211. The Morgan fingerprint density at radius 1 is 0.917 bits per heavy atom. The summed E-state index contributed by atoms with van der Waals surface area (Å²) in [4.78, 5) is 4.64. The Morgan fingerprint density at radius 3 is 2.25 bits per heavy atom. The van der Waals surface area contributed by atoms with Gasteiger partial charge in [-0.25, -0.2) is 4.98 Å². The molecule has 124 valence electrons. The Kier molecular flexibility index (Phi) is 4.05. The second-order valence-corrected chi connectivity index (χ2v) is 7.53. The lowest BCUT2D eigenvalue weighted by Crippen LogP contribution is -2.13. The monoisotopic (exact) mass is 341 g/mol. The first-order chi connectivity index (χ1) is 11.3. The van der Waals surface area contributed by atoms with Crippen molar-refractivity contribution in [2.75, 3.05) is 0 Å². The molecule has 0 saturated carbocycles. The van der Waals surface area contributed by atoms with E-state index in [1.165, 1.54) is 0 Å². The van der Waals surface area contributed by atoms with E-state index in [1.807, 2.05) is 44.2 Å². The quantitative estimate of drug-likeness (QED) is 0.669. The molecule has 0 bridgehead atoms. The van der Waals surface area contributed by atoms with Crippen LogP contribution in [0.15, 0.2) is 47.4 Å². The second-order valence-electron chi connectivity index (χ2n) is 6.05. The Morgan fingerprint density at radius 2 is 1.58 bits per heavy atom. The lowest BCUT2D eigenvalue weighted by molar-refractivity contribution is 0.487. The molecule has 2 aromatic carbocycles. The molecule has 3 rings (SSSR count). The van der Waals surface area contributed by atoms with Gasteiger partial charge in [-0.2, -0.15) is 8.42 Å². The molecule has 0 atom stereocenters. The first-order valence-corrected chi connectivity index (χ1v) is 9.07. The number of benzene rings is 2. The molecule has 1 aromatic heterocycles. The van der Waals surface area contributed by atoms with Gasteiger partial charge in [0.2, 0.25) is 0 Å². The normalized spacial score (nSPS) is 11.7. The number of rotatable bonds is 3. The average Bonchev–Trinajstić information content (AvgIpc) is 2.46.